The largest absolute Gasteiger partial charge is 0.393 e. The highest BCUT2D eigenvalue weighted by Gasteiger charge is 2.31. The molecular weight excluding hydrogens is 438 g/mol. The molecule has 4 N–H and O–H groups in total. The van der Waals surface area contributed by atoms with E-state index in [-0.39, 0.29) is 12.1 Å². The van der Waals surface area contributed by atoms with Crippen molar-refractivity contribution in [1.29, 1.82) is 5.41 Å². The van der Waals surface area contributed by atoms with Gasteiger partial charge in [0.2, 0.25) is 5.95 Å². The molecule has 1 aliphatic carbocycles. The van der Waals surface area contributed by atoms with Gasteiger partial charge in [0.1, 0.15) is 11.5 Å². The molecule has 35 heavy (non-hydrogen) atoms. The number of aromatic nitrogens is 3. The summed E-state index contributed by atoms with van der Waals surface area (Å²) in [7, 11) is 0. The number of hydrogen-bond acceptors (Lipinski definition) is 6. The number of nitrogens with zero attached hydrogens (tertiary/aromatic N) is 4. The summed E-state index contributed by atoms with van der Waals surface area (Å²) in [5.74, 6) is 1.96. The minimum absolute atomic E-state index is 0.164. The van der Waals surface area contributed by atoms with Crippen LogP contribution in [-0.4, -0.2) is 68.2 Å². The van der Waals surface area contributed by atoms with Crippen LogP contribution in [0.2, 0.25) is 0 Å². The van der Waals surface area contributed by atoms with Gasteiger partial charge in [-0.25, -0.2) is 4.98 Å². The molecule has 1 saturated carbocycles. The quantitative estimate of drug-likeness (QED) is 0.345. The van der Waals surface area contributed by atoms with Crippen LogP contribution in [0.25, 0.3) is 11.0 Å². The van der Waals surface area contributed by atoms with Crippen molar-refractivity contribution in [1.82, 2.24) is 24.8 Å². The van der Waals surface area contributed by atoms with Gasteiger partial charge in [0.05, 0.1) is 12.1 Å². The molecule has 192 valence electrons. The monoisotopic (exact) mass is 481 g/mol. The van der Waals surface area contributed by atoms with Gasteiger partial charge in [-0.3, -0.25) is 5.41 Å². The van der Waals surface area contributed by atoms with Crippen molar-refractivity contribution in [2.75, 3.05) is 25.0 Å². The van der Waals surface area contributed by atoms with Crippen LogP contribution < -0.4 is 10.6 Å². The molecule has 0 spiro atoms. The van der Waals surface area contributed by atoms with Crippen molar-refractivity contribution in [2.45, 2.75) is 108 Å². The van der Waals surface area contributed by atoms with Crippen molar-refractivity contribution in [3.63, 3.8) is 0 Å². The Bertz CT molecular complexity index is 998. The zero-order chi connectivity index (χ0) is 24.4. The van der Waals surface area contributed by atoms with E-state index in [2.05, 4.69) is 40.1 Å². The van der Waals surface area contributed by atoms with Crippen LogP contribution in [0.5, 0.6) is 0 Å². The van der Waals surface area contributed by atoms with E-state index in [4.69, 9.17) is 15.4 Å². The van der Waals surface area contributed by atoms with E-state index < -0.39 is 0 Å². The number of hydrogen-bond donors (Lipinski definition) is 4. The minimum Gasteiger partial charge on any atom is -0.393 e. The fourth-order valence-corrected chi connectivity index (χ4v) is 6.36. The molecule has 2 atom stereocenters. The molecule has 3 fully saturated rings. The van der Waals surface area contributed by atoms with E-state index in [0.29, 0.717) is 23.9 Å². The second-order valence-corrected chi connectivity index (χ2v) is 11.0. The van der Waals surface area contributed by atoms with E-state index >= 15 is 0 Å². The van der Waals surface area contributed by atoms with Crippen LogP contribution in [0.4, 0.5) is 5.95 Å². The first-order valence-electron chi connectivity index (χ1n) is 13.9. The van der Waals surface area contributed by atoms with Crippen LogP contribution in [0.15, 0.2) is 12.4 Å². The molecular formula is C27H43N7O. The maximum Gasteiger partial charge on any atom is 0.224 e. The molecule has 0 amide bonds. The zero-order valence-corrected chi connectivity index (χ0v) is 21.5. The lowest BCUT2D eigenvalue weighted by atomic mass is 9.89. The summed E-state index contributed by atoms with van der Waals surface area (Å²) in [4.78, 5) is 12.0. The summed E-state index contributed by atoms with van der Waals surface area (Å²) >= 11 is 0. The number of anilines is 1. The predicted molar refractivity (Wildman–Crippen MR) is 141 cm³/mol. The summed E-state index contributed by atoms with van der Waals surface area (Å²) < 4.78 is 2.39. The Morgan fingerprint density at radius 1 is 1.20 bits per heavy atom. The topological polar surface area (TPSA) is 102 Å². The summed E-state index contributed by atoms with van der Waals surface area (Å²) in [6.45, 7) is 7.32. The van der Waals surface area contributed by atoms with Gasteiger partial charge >= 0.3 is 0 Å². The maximum absolute atomic E-state index is 10.1. The average molecular weight is 482 g/mol. The molecule has 8 nitrogen and oxygen atoms in total. The number of rotatable bonds is 7. The van der Waals surface area contributed by atoms with Gasteiger partial charge in [0.25, 0.3) is 0 Å². The summed E-state index contributed by atoms with van der Waals surface area (Å²) in [5, 5.41) is 26.9. The summed E-state index contributed by atoms with van der Waals surface area (Å²) in [6.07, 6.45) is 14.5. The highest BCUT2D eigenvalue weighted by molar-refractivity contribution is 5.85. The fraction of sp³-hybridized carbons (Fsp3) is 0.741. The van der Waals surface area contributed by atoms with E-state index in [1.807, 2.05) is 6.20 Å². The van der Waals surface area contributed by atoms with Crippen LogP contribution in [0, 0.1) is 5.41 Å². The minimum atomic E-state index is -0.164. The highest BCUT2D eigenvalue weighted by Crippen LogP contribution is 2.38. The number of aliphatic hydroxyl groups is 1. The Hall–Kier alpha value is -2.19. The van der Waals surface area contributed by atoms with Gasteiger partial charge in [-0.2, -0.15) is 4.98 Å². The molecule has 4 heterocycles. The lowest BCUT2D eigenvalue weighted by Crippen LogP contribution is -2.46. The van der Waals surface area contributed by atoms with Gasteiger partial charge in [-0.15, -0.1) is 0 Å². The third kappa shape index (κ3) is 5.33. The number of fused-ring (bicyclic) bond motifs is 1. The standard InChI is InChI=1S/C27H43N7O/c1-3-5-18(2)31-27-30-16-22-23(17-34(26(22)32-27)20-7-9-21(35)10-8-20)19-11-14-33(15-12-19)25(28)24-6-4-13-29-24/h16-21,24,28-29,35H,3-15H2,1-2H3,(H,30,31,32)/t18-,20?,21?,24?/m0/s1. The van der Waals surface area contributed by atoms with Crippen molar-refractivity contribution in [3.05, 3.63) is 18.0 Å². The maximum atomic E-state index is 10.1. The third-order valence-corrected chi connectivity index (χ3v) is 8.43. The van der Waals surface area contributed by atoms with Gasteiger partial charge in [0, 0.05) is 43.0 Å². The Kier molecular flexibility index (Phi) is 7.58. The zero-order valence-electron chi connectivity index (χ0n) is 21.5. The van der Waals surface area contributed by atoms with Crippen LogP contribution in [0.1, 0.15) is 95.6 Å². The lowest BCUT2D eigenvalue weighted by Gasteiger charge is -2.35. The number of aliphatic hydroxyl groups excluding tert-OH is 1. The van der Waals surface area contributed by atoms with Crippen molar-refractivity contribution >= 4 is 22.8 Å². The van der Waals surface area contributed by atoms with E-state index in [1.54, 1.807) is 0 Å². The Morgan fingerprint density at radius 3 is 2.66 bits per heavy atom. The summed E-state index contributed by atoms with van der Waals surface area (Å²) in [5.41, 5.74) is 2.40. The molecule has 0 aromatic carbocycles. The predicted octanol–water partition coefficient (Wildman–Crippen LogP) is 4.42. The number of nitrogens with one attached hydrogen (secondary N) is 3. The van der Waals surface area contributed by atoms with E-state index in [0.717, 1.165) is 88.9 Å². The smallest absolute Gasteiger partial charge is 0.224 e. The third-order valence-electron chi connectivity index (χ3n) is 8.43. The van der Waals surface area contributed by atoms with E-state index in [1.165, 1.54) is 17.4 Å². The van der Waals surface area contributed by atoms with Crippen LogP contribution >= 0.6 is 0 Å². The molecule has 0 bridgehead atoms. The summed E-state index contributed by atoms with van der Waals surface area (Å²) in [6, 6.07) is 0.968. The SMILES string of the molecule is CCC[C@H](C)Nc1ncc2c(C3CCN(C(=N)C4CCCN4)CC3)cn(C3CCC(O)CC3)c2n1. The van der Waals surface area contributed by atoms with Gasteiger partial charge in [-0.1, -0.05) is 13.3 Å². The average Bonchev–Trinajstić information content (AvgIpc) is 3.53. The fourth-order valence-electron chi connectivity index (χ4n) is 6.36. The molecule has 2 aromatic rings. The van der Waals surface area contributed by atoms with Gasteiger partial charge in [0.15, 0.2) is 0 Å². The molecule has 2 aromatic heterocycles. The van der Waals surface area contributed by atoms with Crippen molar-refractivity contribution in [2.24, 2.45) is 0 Å². The molecule has 3 aliphatic rings. The molecule has 8 heteroatoms. The van der Waals surface area contributed by atoms with Crippen molar-refractivity contribution in [3.8, 4) is 0 Å². The first-order chi connectivity index (χ1) is 17.0. The van der Waals surface area contributed by atoms with Gasteiger partial charge < -0.3 is 25.2 Å². The molecule has 2 aliphatic heterocycles. The lowest BCUT2D eigenvalue weighted by molar-refractivity contribution is 0.111. The van der Waals surface area contributed by atoms with Crippen LogP contribution in [0.3, 0.4) is 0 Å². The van der Waals surface area contributed by atoms with Crippen molar-refractivity contribution < 1.29 is 5.11 Å². The molecule has 2 saturated heterocycles. The Labute approximate surface area is 209 Å². The normalized spacial score (nSPS) is 26.8. The number of amidine groups is 1. The second-order valence-electron chi connectivity index (χ2n) is 11.0. The first-order valence-corrected chi connectivity index (χ1v) is 13.9. The Balaban J connectivity index is 1.38. The molecule has 1 unspecified atom stereocenters. The van der Waals surface area contributed by atoms with Crippen LogP contribution in [-0.2, 0) is 0 Å². The number of likely N-dealkylation sites (tertiary alicyclic amines) is 1. The second kappa shape index (κ2) is 10.8. The van der Waals surface area contributed by atoms with Gasteiger partial charge in [-0.05, 0) is 82.7 Å². The molecule has 5 rings (SSSR count). The highest BCUT2D eigenvalue weighted by atomic mass is 16.3. The number of piperidine rings is 1. The van der Waals surface area contributed by atoms with E-state index in [9.17, 15) is 5.11 Å². The molecule has 0 radical (unpaired) electrons. The first kappa shape index (κ1) is 24.5. The Morgan fingerprint density at radius 2 is 1.97 bits per heavy atom.